The Morgan fingerprint density at radius 2 is 2.00 bits per heavy atom. The SMILES string of the molecule is Cc1cccc(NC(=O)CN(C(C)C)S(C)(=O)=O)c1. The van der Waals surface area contributed by atoms with Crippen LogP contribution in [0, 0.1) is 6.92 Å². The van der Waals surface area contributed by atoms with E-state index in [1.807, 2.05) is 25.1 Å². The van der Waals surface area contributed by atoms with Crippen LogP contribution >= 0.6 is 0 Å². The Morgan fingerprint density at radius 3 is 2.47 bits per heavy atom. The van der Waals surface area contributed by atoms with Crippen LogP contribution in [0.1, 0.15) is 19.4 Å². The molecule has 19 heavy (non-hydrogen) atoms. The molecule has 0 spiro atoms. The summed E-state index contributed by atoms with van der Waals surface area (Å²) < 4.78 is 24.3. The number of nitrogens with one attached hydrogen (secondary N) is 1. The molecule has 1 N–H and O–H groups in total. The first-order chi connectivity index (χ1) is 8.70. The number of carbonyl (C=O) groups excluding carboxylic acids is 1. The standard InChI is InChI=1S/C13H20N2O3S/c1-10(2)15(19(4,17)18)9-13(16)14-12-7-5-6-11(3)8-12/h5-8,10H,9H2,1-4H3,(H,14,16). The zero-order chi connectivity index (χ0) is 14.6. The highest BCUT2D eigenvalue weighted by molar-refractivity contribution is 7.88. The number of rotatable bonds is 5. The van der Waals surface area contributed by atoms with E-state index in [-0.39, 0.29) is 18.5 Å². The summed E-state index contributed by atoms with van der Waals surface area (Å²) in [6, 6.07) is 7.11. The molecule has 0 fully saturated rings. The lowest BCUT2D eigenvalue weighted by Crippen LogP contribution is -2.41. The summed E-state index contributed by atoms with van der Waals surface area (Å²) in [6.07, 6.45) is 1.10. The summed E-state index contributed by atoms with van der Waals surface area (Å²) in [5.74, 6) is -0.343. The smallest absolute Gasteiger partial charge is 0.239 e. The molecule has 1 rings (SSSR count). The number of nitrogens with zero attached hydrogens (tertiary/aromatic N) is 1. The van der Waals surface area contributed by atoms with Crippen LogP contribution in [0.2, 0.25) is 0 Å². The third-order valence-electron chi connectivity index (χ3n) is 2.60. The Kier molecular flexibility index (Phi) is 5.08. The molecule has 1 aromatic rings. The van der Waals surface area contributed by atoms with Gasteiger partial charge in [0.25, 0.3) is 0 Å². The van der Waals surface area contributed by atoms with Crippen molar-refractivity contribution in [1.29, 1.82) is 0 Å². The zero-order valence-corrected chi connectivity index (χ0v) is 12.5. The van der Waals surface area contributed by atoms with Crippen LogP contribution in [-0.4, -0.2) is 37.5 Å². The molecule has 0 bridgehead atoms. The van der Waals surface area contributed by atoms with Crippen LogP contribution in [0.4, 0.5) is 5.69 Å². The Morgan fingerprint density at radius 1 is 1.37 bits per heavy atom. The fourth-order valence-corrected chi connectivity index (χ4v) is 2.87. The lowest BCUT2D eigenvalue weighted by molar-refractivity contribution is -0.116. The summed E-state index contributed by atoms with van der Waals surface area (Å²) in [6.45, 7) is 5.22. The summed E-state index contributed by atoms with van der Waals surface area (Å²) in [7, 11) is -3.39. The van der Waals surface area contributed by atoms with E-state index < -0.39 is 10.0 Å². The zero-order valence-electron chi connectivity index (χ0n) is 11.7. The fourth-order valence-electron chi connectivity index (χ4n) is 1.75. The summed E-state index contributed by atoms with van der Waals surface area (Å²) in [5, 5.41) is 2.70. The number of aryl methyl sites for hydroxylation is 1. The van der Waals surface area contributed by atoms with E-state index in [4.69, 9.17) is 0 Å². The van der Waals surface area contributed by atoms with Gasteiger partial charge in [0.15, 0.2) is 0 Å². The highest BCUT2D eigenvalue weighted by atomic mass is 32.2. The maximum Gasteiger partial charge on any atom is 0.239 e. The molecule has 0 aliphatic rings. The van der Waals surface area contributed by atoms with Gasteiger partial charge in [-0.15, -0.1) is 0 Å². The second kappa shape index (κ2) is 6.16. The Balaban J connectivity index is 2.74. The second-order valence-corrected chi connectivity index (χ2v) is 6.75. The molecule has 1 aromatic carbocycles. The summed E-state index contributed by atoms with van der Waals surface area (Å²) in [4.78, 5) is 11.9. The van der Waals surface area contributed by atoms with Crippen LogP contribution in [-0.2, 0) is 14.8 Å². The normalized spacial score (nSPS) is 11.9. The lowest BCUT2D eigenvalue weighted by Gasteiger charge is -2.23. The Labute approximate surface area is 114 Å². The van der Waals surface area contributed by atoms with Gasteiger partial charge >= 0.3 is 0 Å². The Hall–Kier alpha value is -1.40. The topological polar surface area (TPSA) is 66.5 Å². The number of amides is 1. The molecule has 0 aromatic heterocycles. The van der Waals surface area contributed by atoms with E-state index in [0.717, 1.165) is 16.1 Å². The van der Waals surface area contributed by atoms with E-state index >= 15 is 0 Å². The van der Waals surface area contributed by atoms with Crippen molar-refractivity contribution in [2.45, 2.75) is 26.8 Å². The van der Waals surface area contributed by atoms with Gasteiger partial charge in [-0.05, 0) is 38.5 Å². The van der Waals surface area contributed by atoms with Crippen molar-refractivity contribution in [2.75, 3.05) is 18.1 Å². The fraction of sp³-hybridized carbons (Fsp3) is 0.462. The molecule has 0 unspecified atom stereocenters. The molecule has 0 heterocycles. The first-order valence-corrected chi connectivity index (χ1v) is 7.88. The van der Waals surface area contributed by atoms with Crippen molar-refractivity contribution < 1.29 is 13.2 Å². The highest BCUT2D eigenvalue weighted by Gasteiger charge is 2.22. The van der Waals surface area contributed by atoms with E-state index in [2.05, 4.69) is 5.32 Å². The van der Waals surface area contributed by atoms with Crippen LogP contribution < -0.4 is 5.32 Å². The van der Waals surface area contributed by atoms with Crippen LogP contribution in [0.25, 0.3) is 0 Å². The molecule has 0 aliphatic heterocycles. The molecule has 5 nitrogen and oxygen atoms in total. The molecular weight excluding hydrogens is 264 g/mol. The predicted molar refractivity (Wildman–Crippen MR) is 76.5 cm³/mol. The van der Waals surface area contributed by atoms with E-state index in [9.17, 15) is 13.2 Å². The highest BCUT2D eigenvalue weighted by Crippen LogP contribution is 2.10. The first kappa shape index (κ1) is 15.7. The number of hydrogen-bond acceptors (Lipinski definition) is 3. The number of hydrogen-bond donors (Lipinski definition) is 1. The summed E-state index contributed by atoms with van der Waals surface area (Å²) in [5.41, 5.74) is 1.70. The maximum atomic E-state index is 11.9. The van der Waals surface area contributed by atoms with E-state index in [1.165, 1.54) is 0 Å². The third kappa shape index (κ3) is 5.00. The number of anilines is 1. The van der Waals surface area contributed by atoms with Crippen molar-refractivity contribution in [2.24, 2.45) is 0 Å². The minimum atomic E-state index is -3.39. The maximum absolute atomic E-state index is 11.9. The second-order valence-electron chi connectivity index (χ2n) is 4.82. The van der Waals surface area contributed by atoms with Crippen molar-refractivity contribution in [3.8, 4) is 0 Å². The number of carbonyl (C=O) groups is 1. The first-order valence-electron chi connectivity index (χ1n) is 6.03. The van der Waals surface area contributed by atoms with Gasteiger partial charge < -0.3 is 5.32 Å². The average Bonchev–Trinajstić information content (AvgIpc) is 2.24. The third-order valence-corrected chi connectivity index (χ3v) is 4.01. The molecular formula is C13H20N2O3S. The van der Waals surface area contributed by atoms with E-state index in [1.54, 1.807) is 19.9 Å². The molecule has 0 radical (unpaired) electrons. The average molecular weight is 284 g/mol. The monoisotopic (exact) mass is 284 g/mol. The molecule has 0 atom stereocenters. The molecule has 0 saturated carbocycles. The minimum Gasteiger partial charge on any atom is -0.325 e. The lowest BCUT2D eigenvalue weighted by atomic mass is 10.2. The quantitative estimate of drug-likeness (QED) is 0.893. The van der Waals surface area contributed by atoms with Crippen LogP contribution in [0.3, 0.4) is 0 Å². The van der Waals surface area contributed by atoms with Gasteiger partial charge in [-0.25, -0.2) is 8.42 Å². The molecule has 1 amide bonds. The van der Waals surface area contributed by atoms with Crippen molar-refractivity contribution in [1.82, 2.24) is 4.31 Å². The van der Waals surface area contributed by atoms with Gasteiger partial charge in [-0.1, -0.05) is 12.1 Å². The summed E-state index contributed by atoms with van der Waals surface area (Å²) >= 11 is 0. The van der Waals surface area contributed by atoms with Gasteiger partial charge in [0.2, 0.25) is 15.9 Å². The van der Waals surface area contributed by atoms with E-state index in [0.29, 0.717) is 5.69 Å². The van der Waals surface area contributed by atoms with Gasteiger partial charge in [-0.3, -0.25) is 4.79 Å². The molecule has 6 heteroatoms. The molecule has 106 valence electrons. The predicted octanol–water partition coefficient (Wildman–Crippen LogP) is 1.60. The van der Waals surface area contributed by atoms with Crippen LogP contribution in [0.15, 0.2) is 24.3 Å². The van der Waals surface area contributed by atoms with Gasteiger partial charge in [-0.2, -0.15) is 4.31 Å². The van der Waals surface area contributed by atoms with Gasteiger partial charge in [0, 0.05) is 11.7 Å². The minimum absolute atomic E-state index is 0.176. The van der Waals surface area contributed by atoms with Crippen molar-refractivity contribution in [3.63, 3.8) is 0 Å². The van der Waals surface area contributed by atoms with Gasteiger partial charge in [0.1, 0.15) is 0 Å². The van der Waals surface area contributed by atoms with Crippen molar-refractivity contribution >= 4 is 21.6 Å². The number of sulfonamides is 1. The Bertz CT molecular complexity index is 553. The van der Waals surface area contributed by atoms with Crippen molar-refractivity contribution in [3.05, 3.63) is 29.8 Å². The number of benzene rings is 1. The molecule has 0 saturated heterocycles. The largest absolute Gasteiger partial charge is 0.325 e. The van der Waals surface area contributed by atoms with Crippen LogP contribution in [0.5, 0.6) is 0 Å². The van der Waals surface area contributed by atoms with Gasteiger partial charge in [0.05, 0.1) is 12.8 Å². The molecule has 0 aliphatic carbocycles.